The van der Waals surface area contributed by atoms with Gasteiger partial charge in [-0.25, -0.2) is 0 Å². The second-order valence-corrected chi connectivity index (χ2v) is 4.96. The third-order valence-corrected chi connectivity index (χ3v) is 3.02. The fourth-order valence-electron chi connectivity index (χ4n) is 1.01. The summed E-state index contributed by atoms with van der Waals surface area (Å²) in [5.41, 5.74) is 0. The highest BCUT2D eigenvalue weighted by molar-refractivity contribution is 7.99. The van der Waals surface area contributed by atoms with Crippen LogP contribution in [0.3, 0.4) is 0 Å². The van der Waals surface area contributed by atoms with Crippen molar-refractivity contribution in [2.45, 2.75) is 10.4 Å². The number of hydrogen-bond acceptors (Lipinski definition) is 6. The molecule has 0 spiro atoms. The maximum atomic E-state index is 5.81. The van der Waals surface area contributed by atoms with Crippen LogP contribution in [0.5, 0.6) is 0 Å². The maximum Gasteiger partial charge on any atom is 0.230 e. The average molecular weight is 247 g/mol. The largest absolute Gasteiger partial charge is 0.379 e. The van der Waals surface area contributed by atoms with E-state index < -0.39 is 0 Å². The summed E-state index contributed by atoms with van der Waals surface area (Å²) < 4.78 is 5.08. The van der Waals surface area contributed by atoms with Crippen molar-refractivity contribution in [3.05, 3.63) is 5.28 Å². The summed E-state index contributed by atoms with van der Waals surface area (Å²) >= 11 is 7.38. The standard InChI is InChI=1S/C8H11ClN4OS/c1-13(2)7-10-6(9)11-8(12-7)15-5-3-14-4-5/h5H,3-4H2,1-2H3. The quantitative estimate of drug-likeness (QED) is 0.796. The van der Waals surface area contributed by atoms with Gasteiger partial charge < -0.3 is 9.64 Å². The van der Waals surface area contributed by atoms with Crippen LogP contribution in [0.25, 0.3) is 0 Å². The first-order chi connectivity index (χ1) is 7.15. The summed E-state index contributed by atoms with van der Waals surface area (Å²) in [6.07, 6.45) is 0. The third kappa shape index (κ3) is 2.70. The van der Waals surface area contributed by atoms with Gasteiger partial charge in [0.15, 0.2) is 5.16 Å². The molecule has 1 aliphatic heterocycles. The minimum Gasteiger partial charge on any atom is -0.379 e. The van der Waals surface area contributed by atoms with E-state index in [1.165, 1.54) is 0 Å². The first-order valence-corrected chi connectivity index (χ1v) is 5.74. The number of nitrogens with zero attached hydrogens (tertiary/aromatic N) is 4. The molecule has 82 valence electrons. The summed E-state index contributed by atoms with van der Waals surface area (Å²) in [4.78, 5) is 14.2. The summed E-state index contributed by atoms with van der Waals surface area (Å²) in [7, 11) is 3.74. The summed E-state index contributed by atoms with van der Waals surface area (Å²) in [6.45, 7) is 1.51. The van der Waals surface area contributed by atoms with E-state index >= 15 is 0 Å². The van der Waals surface area contributed by atoms with Gasteiger partial charge in [-0.05, 0) is 11.6 Å². The number of halogens is 1. The molecule has 1 aliphatic rings. The second kappa shape index (κ2) is 4.51. The molecule has 0 amide bonds. The van der Waals surface area contributed by atoms with E-state index in [4.69, 9.17) is 16.3 Å². The monoisotopic (exact) mass is 246 g/mol. The molecule has 1 aromatic heterocycles. The van der Waals surface area contributed by atoms with Crippen molar-refractivity contribution in [1.82, 2.24) is 15.0 Å². The highest BCUT2D eigenvalue weighted by atomic mass is 35.5. The Bertz CT molecular complexity index is 358. The van der Waals surface area contributed by atoms with Crippen molar-refractivity contribution >= 4 is 29.3 Å². The van der Waals surface area contributed by atoms with Crippen molar-refractivity contribution in [2.75, 3.05) is 32.2 Å². The Kier molecular flexibility index (Phi) is 3.28. The van der Waals surface area contributed by atoms with E-state index in [0.717, 1.165) is 13.2 Å². The molecule has 0 aromatic carbocycles. The lowest BCUT2D eigenvalue weighted by Gasteiger charge is -2.24. The molecule has 7 heteroatoms. The molecule has 15 heavy (non-hydrogen) atoms. The van der Waals surface area contributed by atoms with E-state index in [1.807, 2.05) is 14.1 Å². The van der Waals surface area contributed by atoms with Crippen molar-refractivity contribution in [1.29, 1.82) is 0 Å². The zero-order valence-electron chi connectivity index (χ0n) is 8.47. The van der Waals surface area contributed by atoms with Gasteiger partial charge in [-0.15, -0.1) is 0 Å². The molecule has 0 N–H and O–H groups in total. The molecule has 0 bridgehead atoms. The topological polar surface area (TPSA) is 51.1 Å². The van der Waals surface area contributed by atoms with E-state index in [2.05, 4.69) is 15.0 Å². The summed E-state index contributed by atoms with van der Waals surface area (Å²) in [5, 5.41) is 1.34. The highest BCUT2D eigenvalue weighted by Gasteiger charge is 2.21. The highest BCUT2D eigenvalue weighted by Crippen LogP contribution is 2.26. The molecule has 2 heterocycles. The molecular weight excluding hydrogens is 236 g/mol. The van der Waals surface area contributed by atoms with Crippen LogP contribution in [0.2, 0.25) is 5.28 Å². The Hall–Kier alpha value is -0.590. The predicted octanol–water partition coefficient (Wildman–Crippen LogP) is 1.08. The first-order valence-electron chi connectivity index (χ1n) is 4.48. The van der Waals surface area contributed by atoms with Gasteiger partial charge in [0.05, 0.1) is 18.5 Å². The van der Waals surface area contributed by atoms with Crippen LogP contribution in [0.4, 0.5) is 5.95 Å². The van der Waals surface area contributed by atoms with Gasteiger partial charge in [-0.2, -0.15) is 15.0 Å². The molecule has 0 atom stereocenters. The maximum absolute atomic E-state index is 5.81. The lowest BCUT2D eigenvalue weighted by Crippen LogP contribution is -2.30. The van der Waals surface area contributed by atoms with Crippen molar-refractivity contribution < 1.29 is 4.74 Å². The van der Waals surface area contributed by atoms with E-state index in [1.54, 1.807) is 16.7 Å². The Morgan fingerprint density at radius 3 is 2.60 bits per heavy atom. The second-order valence-electron chi connectivity index (χ2n) is 3.36. The smallest absolute Gasteiger partial charge is 0.230 e. The zero-order chi connectivity index (χ0) is 10.8. The molecule has 1 aromatic rings. The number of rotatable bonds is 3. The molecule has 1 fully saturated rings. The molecule has 2 rings (SSSR count). The number of hydrogen-bond donors (Lipinski definition) is 0. The molecule has 1 saturated heterocycles. The third-order valence-electron chi connectivity index (χ3n) is 1.86. The van der Waals surface area contributed by atoms with Gasteiger partial charge >= 0.3 is 0 Å². The Morgan fingerprint density at radius 1 is 1.33 bits per heavy atom. The average Bonchev–Trinajstić information content (AvgIpc) is 2.10. The van der Waals surface area contributed by atoms with Gasteiger partial charge in [0, 0.05) is 14.1 Å². The van der Waals surface area contributed by atoms with Gasteiger partial charge in [0.2, 0.25) is 11.2 Å². The molecule has 0 aliphatic carbocycles. The first kappa shape index (κ1) is 10.9. The van der Waals surface area contributed by atoms with E-state index in [0.29, 0.717) is 16.4 Å². The minimum atomic E-state index is 0.233. The Labute approximate surface area is 97.2 Å². The van der Waals surface area contributed by atoms with Crippen LogP contribution in [-0.2, 0) is 4.74 Å². The van der Waals surface area contributed by atoms with E-state index in [9.17, 15) is 0 Å². The Morgan fingerprint density at radius 2 is 2.07 bits per heavy atom. The molecule has 0 saturated carbocycles. The van der Waals surface area contributed by atoms with Crippen LogP contribution >= 0.6 is 23.4 Å². The lowest BCUT2D eigenvalue weighted by molar-refractivity contribution is 0.0454. The minimum absolute atomic E-state index is 0.233. The number of aromatic nitrogens is 3. The van der Waals surface area contributed by atoms with Crippen molar-refractivity contribution in [3.63, 3.8) is 0 Å². The molecule has 5 nitrogen and oxygen atoms in total. The van der Waals surface area contributed by atoms with Crippen molar-refractivity contribution in [2.24, 2.45) is 0 Å². The van der Waals surface area contributed by atoms with Gasteiger partial charge in [0.25, 0.3) is 0 Å². The van der Waals surface area contributed by atoms with E-state index in [-0.39, 0.29) is 5.28 Å². The van der Waals surface area contributed by atoms with Gasteiger partial charge in [-0.3, -0.25) is 0 Å². The molecule has 0 radical (unpaired) electrons. The normalized spacial score (nSPS) is 16.2. The number of anilines is 1. The zero-order valence-corrected chi connectivity index (χ0v) is 10.0. The Balaban J connectivity index is 2.15. The van der Waals surface area contributed by atoms with Crippen LogP contribution in [0.1, 0.15) is 0 Å². The van der Waals surface area contributed by atoms with Gasteiger partial charge in [0.1, 0.15) is 0 Å². The van der Waals surface area contributed by atoms with Crippen LogP contribution in [-0.4, -0.2) is 47.5 Å². The van der Waals surface area contributed by atoms with Gasteiger partial charge in [-0.1, -0.05) is 11.8 Å². The summed E-state index contributed by atoms with van der Waals surface area (Å²) in [6, 6.07) is 0. The molecular formula is C8H11ClN4OS. The molecule has 0 unspecified atom stereocenters. The van der Waals surface area contributed by atoms with Crippen LogP contribution in [0, 0.1) is 0 Å². The van der Waals surface area contributed by atoms with Crippen LogP contribution < -0.4 is 4.90 Å². The lowest BCUT2D eigenvalue weighted by atomic mass is 10.4. The number of ether oxygens (including phenoxy) is 1. The summed E-state index contributed by atoms with van der Waals surface area (Å²) in [5.74, 6) is 0.581. The fourth-order valence-corrected chi connectivity index (χ4v) is 2.11. The van der Waals surface area contributed by atoms with Crippen molar-refractivity contribution in [3.8, 4) is 0 Å². The number of thioether (sulfide) groups is 1. The predicted molar refractivity (Wildman–Crippen MR) is 59.6 cm³/mol. The van der Waals surface area contributed by atoms with Crippen LogP contribution in [0.15, 0.2) is 5.16 Å². The SMILES string of the molecule is CN(C)c1nc(Cl)nc(SC2COC2)n1. The fraction of sp³-hybridized carbons (Fsp3) is 0.625.